The Morgan fingerprint density at radius 3 is 2.44 bits per heavy atom. The van der Waals surface area contributed by atoms with E-state index in [1.807, 2.05) is 0 Å². The fourth-order valence-electron chi connectivity index (χ4n) is 4.58. The third kappa shape index (κ3) is 5.12. The van der Waals surface area contributed by atoms with E-state index >= 15 is 0 Å². The maximum absolute atomic E-state index is 13.3. The van der Waals surface area contributed by atoms with Crippen molar-refractivity contribution in [2.45, 2.75) is 55.9 Å². The largest absolute Gasteiger partial charge is 0.495 e. The number of piperidine rings is 1. The molecule has 0 saturated carbocycles. The number of rotatable bonds is 6. The molecule has 3 heterocycles. The molecule has 1 atom stereocenters. The highest BCUT2D eigenvalue weighted by Crippen LogP contribution is 2.31. The summed E-state index contributed by atoms with van der Waals surface area (Å²) < 4.78 is 38.7. The van der Waals surface area contributed by atoms with E-state index in [0.29, 0.717) is 31.8 Å². The molecule has 1 aromatic carbocycles. The van der Waals surface area contributed by atoms with Crippen molar-refractivity contribution >= 4 is 27.5 Å². The number of ether oxygens (including phenoxy) is 1. The van der Waals surface area contributed by atoms with Gasteiger partial charge in [0.15, 0.2) is 5.76 Å². The number of amides is 2. The maximum atomic E-state index is 13.3. The van der Waals surface area contributed by atoms with E-state index in [0.717, 1.165) is 38.5 Å². The first-order chi connectivity index (χ1) is 16.4. The molecule has 34 heavy (non-hydrogen) atoms. The first-order valence-electron chi connectivity index (χ1n) is 11.8. The van der Waals surface area contributed by atoms with Gasteiger partial charge in [0.05, 0.1) is 24.0 Å². The molecule has 2 amide bonds. The van der Waals surface area contributed by atoms with Gasteiger partial charge in [-0.2, -0.15) is 4.31 Å². The number of furan rings is 1. The van der Waals surface area contributed by atoms with Crippen molar-refractivity contribution in [3.05, 3.63) is 42.4 Å². The summed E-state index contributed by atoms with van der Waals surface area (Å²) in [5, 5.41) is 2.82. The topological polar surface area (TPSA) is 109 Å². The number of nitrogens with zero attached hydrogens (tertiary/aromatic N) is 2. The monoisotopic (exact) mass is 489 g/mol. The van der Waals surface area contributed by atoms with Crippen LogP contribution in [0.15, 0.2) is 45.9 Å². The van der Waals surface area contributed by atoms with Crippen LogP contribution in [0.4, 0.5) is 5.69 Å². The van der Waals surface area contributed by atoms with Crippen LogP contribution < -0.4 is 10.1 Å². The minimum absolute atomic E-state index is 0.109. The van der Waals surface area contributed by atoms with Gasteiger partial charge < -0.3 is 19.4 Å². The average Bonchev–Trinajstić information content (AvgIpc) is 3.25. The molecule has 0 spiro atoms. The number of hydrogen-bond acceptors (Lipinski definition) is 6. The Labute approximate surface area is 200 Å². The number of nitrogens with one attached hydrogen (secondary N) is 1. The van der Waals surface area contributed by atoms with Crippen LogP contribution in [0, 0.1) is 0 Å². The molecule has 1 aromatic heterocycles. The molecule has 1 N–H and O–H groups in total. The Bertz CT molecular complexity index is 1110. The summed E-state index contributed by atoms with van der Waals surface area (Å²) in [7, 11) is -2.24. The van der Waals surface area contributed by atoms with Gasteiger partial charge in [-0.25, -0.2) is 8.42 Å². The minimum Gasteiger partial charge on any atom is -0.495 e. The van der Waals surface area contributed by atoms with E-state index < -0.39 is 16.1 Å². The Morgan fingerprint density at radius 1 is 1.03 bits per heavy atom. The summed E-state index contributed by atoms with van der Waals surface area (Å²) in [5.41, 5.74) is 0.263. The Hall–Kier alpha value is -2.85. The molecular weight excluding hydrogens is 458 g/mol. The summed E-state index contributed by atoms with van der Waals surface area (Å²) in [6.45, 7) is 1.42. The standard InChI is InChI=1S/C24H31N3O6S/c1-32-21-12-11-18(34(30,31)26-13-5-2-3-6-14-26)17-19(21)25-23(28)20-9-4-7-15-27(20)24(29)22-10-8-16-33-22/h8,10-12,16-17,20H,2-7,9,13-15H2,1H3,(H,25,28). The van der Waals surface area contributed by atoms with E-state index in [-0.39, 0.29) is 28.2 Å². The van der Waals surface area contributed by atoms with Gasteiger partial charge in [0.25, 0.3) is 5.91 Å². The van der Waals surface area contributed by atoms with Crippen LogP contribution >= 0.6 is 0 Å². The highest BCUT2D eigenvalue weighted by Gasteiger charge is 2.34. The second kappa shape index (κ2) is 10.6. The number of carbonyl (C=O) groups is 2. The first kappa shape index (κ1) is 24.3. The smallest absolute Gasteiger partial charge is 0.290 e. The molecule has 184 valence electrons. The quantitative estimate of drug-likeness (QED) is 0.665. The molecule has 0 radical (unpaired) electrons. The third-order valence-electron chi connectivity index (χ3n) is 6.43. The van der Waals surface area contributed by atoms with Crippen molar-refractivity contribution in [2.24, 2.45) is 0 Å². The number of carbonyl (C=O) groups excluding carboxylic acids is 2. The molecule has 0 aliphatic carbocycles. The maximum Gasteiger partial charge on any atom is 0.290 e. The number of methoxy groups -OCH3 is 1. The summed E-state index contributed by atoms with van der Waals surface area (Å²) >= 11 is 0. The van der Waals surface area contributed by atoms with Crippen molar-refractivity contribution in [1.29, 1.82) is 0 Å². The minimum atomic E-state index is -3.70. The predicted octanol–water partition coefficient (Wildman–Crippen LogP) is 3.49. The van der Waals surface area contributed by atoms with Crippen molar-refractivity contribution in [2.75, 3.05) is 32.1 Å². The SMILES string of the molecule is COc1ccc(S(=O)(=O)N2CCCCCC2)cc1NC(=O)C1CCCCN1C(=O)c1ccco1. The van der Waals surface area contributed by atoms with Crippen molar-refractivity contribution in [3.63, 3.8) is 0 Å². The Kier molecular flexibility index (Phi) is 7.57. The zero-order valence-electron chi connectivity index (χ0n) is 19.4. The molecule has 1 unspecified atom stereocenters. The van der Waals surface area contributed by atoms with Gasteiger partial charge in [0.2, 0.25) is 15.9 Å². The van der Waals surface area contributed by atoms with E-state index in [2.05, 4.69) is 5.32 Å². The van der Waals surface area contributed by atoms with Gasteiger partial charge in [-0.05, 0) is 62.4 Å². The van der Waals surface area contributed by atoms with Crippen molar-refractivity contribution < 1.29 is 27.2 Å². The van der Waals surface area contributed by atoms with Crippen LogP contribution in [0.5, 0.6) is 5.75 Å². The Balaban J connectivity index is 1.57. The van der Waals surface area contributed by atoms with Crippen LogP contribution in [0.2, 0.25) is 0 Å². The van der Waals surface area contributed by atoms with E-state index in [9.17, 15) is 18.0 Å². The molecule has 4 rings (SSSR count). The predicted molar refractivity (Wildman–Crippen MR) is 126 cm³/mol. The van der Waals surface area contributed by atoms with Crippen LogP contribution in [-0.2, 0) is 14.8 Å². The normalized spacial score (nSPS) is 19.9. The lowest BCUT2D eigenvalue weighted by Crippen LogP contribution is -2.50. The first-order valence-corrected chi connectivity index (χ1v) is 13.2. The number of anilines is 1. The van der Waals surface area contributed by atoms with Crippen LogP contribution in [0.3, 0.4) is 0 Å². The molecule has 2 aromatic rings. The van der Waals surface area contributed by atoms with Crippen LogP contribution in [0.1, 0.15) is 55.5 Å². The average molecular weight is 490 g/mol. The molecule has 2 fully saturated rings. The van der Waals surface area contributed by atoms with Gasteiger partial charge in [-0.15, -0.1) is 0 Å². The highest BCUT2D eigenvalue weighted by molar-refractivity contribution is 7.89. The fourth-order valence-corrected chi connectivity index (χ4v) is 6.13. The van der Waals surface area contributed by atoms with Gasteiger partial charge in [0.1, 0.15) is 11.8 Å². The van der Waals surface area contributed by atoms with Gasteiger partial charge in [0, 0.05) is 19.6 Å². The highest BCUT2D eigenvalue weighted by atomic mass is 32.2. The zero-order valence-corrected chi connectivity index (χ0v) is 20.2. The summed E-state index contributed by atoms with van der Waals surface area (Å²) in [6.07, 6.45) is 7.23. The Morgan fingerprint density at radius 2 is 1.76 bits per heavy atom. The summed E-state index contributed by atoms with van der Waals surface area (Å²) in [6, 6.07) is 7.01. The fraction of sp³-hybridized carbons (Fsp3) is 0.500. The summed E-state index contributed by atoms with van der Waals surface area (Å²) in [4.78, 5) is 27.8. The second-order valence-electron chi connectivity index (χ2n) is 8.66. The van der Waals surface area contributed by atoms with Crippen LogP contribution in [-0.4, -0.2) is 62.2 Å². The van der Waals surface area contributed by atoms with E-state index in [1.165, 1.54) is 34.7 Å². The van der Waals surface area contributed by atoms with Gasteiger partial charge in [-0.3, -0.25) is 9.59 Å². The molecule has 2 aliphatic rings. The summed E-state index contributed by atoms with van der Waals surface area (Å²) in [5.74, 6) is -0.192. The van der Waals surface area contributed by atoms with Crippen molar-refractivity contribution in [1.82, 2.24) is 9.21 Å². The van der Waals surface area contributed by atoms with Crippen molar-refractivity contribution in [3.8, 4) is 5.75 Å². The molecule has 0 bridgehead atoms. The lowest BCUT2D eigenvalue weighted by Gasteiger charge is -2.34. The molecule has 2 aliphatic heterocycles. The number of sulfonamides is 1. The molecule has 10 heteroatoms. The molecule has 2 saturated heterocycles. The second-order valence-corrected chi connectivity index (χ2v) is 10.6. The van der Waals surface area contributed by atoms with E-state index in [1.54, 1.807) is 18.2 Å². The van der Waals surface area contributed by atoms with E-state index in [4.69, 9.17) is 9.15 Å². The molecular formula is C24H31N3O6S. The van der Waals surface area contributed by atoms with Gasteiger partial charge in [-0.1, -0.05) is 12.8 Å². The van der Waals surface area contributed by atoms with Gasteiger partial charge >= 0.3 is 0 Å². The number of benzene rings is 1. The molecule has 9 nitrogen and oxygen atoms in total. The number of likely N-dealkylation sites (tertiary alicyclic amines) is 1. The zero-order chi connectivity index (χ0) is 24.1. The van der Waals surface area contributed by atoms with Crippen LogP contribution in [0.25, 0.3) is 0 Å². The number of hydrogen-bond donors (Lipinski definition) is 1. The lowest BCUT2D eigenvalue weighted by atomic mass is 10.0. The third-order valence-corrected chi connectivity index (χ3v) is 8.32. The lowest BCUT2D eigenvalue weighted by molar-refractivity contribution is -0.121.